The summed E-state index contributed by atoms with van der Waals surface area (Å²) in [6, 6.07) is 5.92. The maximum absolute atomic E-state index is 5.36. The molecule has 0 spiro atoms. The van der Waals surface area contributed by atoms with Crippen molar-refractivity contribution >= 4 is 11.3 Å². The molecule has 80 valence electrons. The standard InChI is InChI=1S/C12H10N2OS/c1-2-11(15-6-1)12-13-4-5-14(12)8-10-3-7-16-9-10/h1-7,9H,8H2. The van der Waals surface area contributed by atoms with Crippen molar-refractivity contribution in [1.82, 2.24) is 9.55 Å². The van der Waals surface area contributed by atoms with E-state index in [0.717, 1.165) is 18.1 Å². The number of hydrogen-bond donors (Lipinski definition) is 0. The smallest absolute Gasteiger partial charge is 0.176 e. The normalized spacial score (nSPS) is 10.8. The Labute approximate surface area is 97.0 Å². The van der Waals surface area contributed by atoms with Gasteiger partial charge in [-0.25, -0.2) is 4.98 Å². The van der Waals surface area contributed by atoms with Crippen molar-refractivity contribution in [2.24, 2.45) is 0 Å². The fraction of sp³-hybridized carbons (Fsp3) is 0.0833. The van der Waals surface area contributed by atoms with Gasteiger partial charge in [-0.3, -0.25) is 0 Å². The van der Waals surface area contributed by atoms with Crippen LogP contribution in [0.25, 0.3) is 11.6 Å². The first-order valence-electron chi connectivity index (χ1n) is 4.99. The summed E-state index contributed by atoms with van der Waals surface area (Å²) in [5.41, 5.74) is 1.29. The van der Waals surface area contributed by atoms with Crippen LogP contribution in [-0.2, 0) is 6.54 Å². The molecular formula is C12H10N2OS. The lowest BCUT2D eigenvalue weighted by Crippen LogP contribution is -1.99. The quantitative estimate of drug-likeness (QED) is 0.691. The maximum atomic E-state index is 5.36. The van der Waals surface area contributed by atoms with Crippen LogP contribution in [0.1, 0.15) is 5.56 Å². The van der Waals surface area contributed by atoms with Crippen molar-refractivity contribution in [3.63, 3.8) is 0 Å². The van der Waals surface area contributed by atoms with Crippen LogP contribution in [0.3, 0.4) is 0 Å². The lowest BCUT2D eigenvalue weighted by Gasteiger charge is -2.03. The number of hydrogen-bond acceptors (Lipinski definition) is 3. The Morgan fingerprint density at radius 1 is 1.38 bits per heavy atom. The largest absolute Gasteiger partial charge is 0.461 e. The Bertz CT molecular complexity index is 552. The minimum Gasteiger partial charge on any atom is -0.461 e. The zero-order valence-electron chi connectivity index (χ0n) is 8.54. The predicted molar refractivity (Wildman–Crippen MR) is 63.4 cm³/mol. The summed E-state index contributed by atoms with van der Waals surface area (Å²) in [6.45, 7) is 0.833. The van der Waals surface area contributed by atoms with Crippen LogP contribution in [0.15, 0.2) is 52.0 Å². The summed E-state index contributed by atoms with van der Waals surface area (Å²) in [4.78, 5) is 4.31. The summed E-state index contributed by atoms with van der Waals surface area (Å²) < 4.78 is 7.44. The highest BCUT2D eigenvalue weighted by atomic mass is 32.1. The van der Waals surface area contributed by atoms with E-state index in [9.17, 15) is 0 Å². The summed E-state index contributed by atoms with van der Waals surface area (Å²) >= 11 is 1.71. The van der Waals surface area contributed by atoms with E-state index in [1.54, 1.807) is 23.8 Å². The molecule has 16 heavy (non-hydrogen) atoms. The fourth-order valence-corrected chi connectivity index (χ4v) is 2.31. The number of imidazole rings is 1. The van der Waals surface area contributed by atoms with Gasteiger partial charge in [-0.1, -0.05) is 0 Å². The third-order valence-corrected chi connectivity index (χ3v) is 3.12. The van der Waals surface area contributed by atoms with E-state index in [1.165, 1.54) is 5.56 Å². The average Bonchev–Trinajstić information content (AvgIpc) is 2.98. The second kappa shape index (κ2) is 3.98. The number of rotatable bonds is 3. The Balaban J connectivity index is 1.94. The van der Waals surface area contributed by atoms with E-state index in [4.69, 9.17) is 4.42 Å². The molecule has 3 aromatic heterocycles. The average molecular weight is 230 g/mol. The highest BCUT2D eigenvalue weighted by molar-refractivity contribution is 7.07. The molecule has 3 aromatic rings. The minimum atomic E-state index is 0.806. The first-order chi connectivity index (χ1) is 7.93. The van der Waals surface area contributed by atoms with Crippen LogP contribution >= 0.6 is 11.3 Å². The Morgan fingerprint density at radius 3 is 3.12 bits per heavy atom. The van der Waals surface area contributed by atoms with Crippen molar-refractivity contribution in [2.45, 2.75) is 6.54 Å². The van der Waals surface area contributed by atoms with Gasteiger partial charge in [0.2, 0.25) is 0 Å². The molecule has 3 heterocycles. The highest BCUT2D eigenvalue weighted by Crippen LogP contribution is 2.19. The van der Waals surface area contributed by atoms with E-state index >= 15 is 0 Å². The van der Waals surface area contributed by atoms with E-state index in [0.29, 0.717) is 0 Å². The molecule has 3 nitrogen and oxygen atoms in total. The number of aromatic nitrogens is 2. The van der Waals surface area contributed by atoms with Crippen LogP contribution in [0, 0.1) is 0 Å². The fourth-order valence-electron chi connectivity index (χ4n) is 1.65. The summed E-state index contributed by atoms with van der Waals surface area (Å²) in [6.07, 6.45) is 5.43. The van der Waals surface area contributed by atoms with Gasteiger partial charge in [-0.2, -0.15) is 11.3 Å². The van der Waals surface area contributed by atoms with E-state index in [1.807, 2.05) is 18.3 Å². The van der Waals surface area contributed by atoms with Gasteiger partial charge in [0.1, 0.15) is 0 Å². The molecule has 0 aliphatic carbocycles. The van der Waals surface area contributed by atoms with Gasteiger partial charge >= 0.3 is 0 Å². The van der Waals surface area contributed by atoms with Gasteiger partial charge in [0.15, 0.2) is 11.6 Å². The van der Waals surface area contributed by atoms with Crippen molar-refractivity contribution in [3.05, 3.63) is 53.2 Å². The Morgan fingerprint density at radius 2 is 2.38 bits per heavy atom. The summed E-state index contributed by atoms with van der Waals surface area (Å²) in [5.74, 6) is 1.68. The maximum Gasteiger partial charge on any atom is 0.176 e. The molecule has 3 rings (SSSR count). The highest BCUT2D eigenvalue weighted by Gasteiger charge is 2.08. The van der Waals surface area contributed by atoms with Gasteiger partial charge in [0, 0.05) is 18.9 Å². The van der Waals surface area contributed by atoms with Crippen LogP contribution < -0.4 is 0 Å². The molecule has 0 saturated heterocycles. The molecule has 0 atom stereocenters. The number of furan rings is 1. The molecule has 0 N–H and O–H groups in total. The first-order valence-corrected chi connectivity index (χ1v) is 5.94. The van der Waals surface area contributed by atoms with E-state index in [2.05, 4.69) is 26.4 Å². The zero-order chi connectivity index (χ0) is 10.8. The monoisotopic (exact) mass is 230 g/mol. The number of nitrogens with zero attached hydrogens (tertiary/aromatic N) is 2. The minimum absolute atomic E-state index is 0.806. The van der Waals surface area contributed by atoms with Crippen molar-refractivity contribution < 1.29 is 4.42 Å². The molecule has 0 radical (unpaired) electrons. The van der Waals surface area contributed by atoms with Gasteiger partial charge in [-0.05, 0) is 34.5 Å². The molecule has 0 aliphatic rings. The number of thiophene rings is 1. The summed E-state index contributed by atoms with van der Waals surface area (Å²) in [5, 5.41) is 4.23. The summed E-state index contributed by atoms with van der Waals surface area (Å²) in [7, 11) is 0. The Kier molecular flexibility index (Phi) is 2.34. The molecule has 0 bridgehead atoms. The van der Waals surface area contributed by atoms with Crippen LogP contribution in [-0.4, -0.2) is 9.55 Å². The third kappa shape index (κ3) is 1.67. The van der Waals surface area contributed by atoms with Crippen molar-refractivity contribution in [3.8, 4) is 11.6 Å². The van der Waals surface area contributed by atoms with Gasteiger partial charge < -0.3 is 8.98 Å². The second-order valence-corrected chi connectivity index (χ2v) is 4.27. The molecule has 0 unspecified atom stereocenters. The second-order valence-electron chi connectivity index (χ2n) is 3.49. The van der Waals surface area contributed by atoms with Crippen LogP contribution in [0.5, 0.6) is 0 Å². The molecule has 0 aliphatic heterocycles. The SMILES string of the molecule is c1coc(-c2nccn2Cc2ccsc2)c1. The first kappa shape index (κ1) is 9.42. The lowest BCUT2D eigenvalue weighted by atomic mass is 10.3. The zero-order valence-corrected chi connectivity index (χ0v) is 9.35. The molecule has 0 saturated carbocycles. The van der Waals surface area contributed by atoms with Crippen LogP contribution in [0.2, 0.25) is 0 Å². The topological polar surface area (TPSA) is 31.0 Å². The molecule has 4 heteroatoms. The van der Waals surface area contributed by atoms with Crippen molar-refractivity contribution in [2.75, 3.05) is 0 Å². The molecule has 0 amide bonds. The lowest BCUT2D eigenvalue weighted by molar-refractivity contribution is 0.572. The van der Waals surface area contributed by atoms with Gasteiger partial charge in [0.05, 0.1) is 6.26 Å². The van der Waals surface area contributed by atoms with E-state index < -0.39 is 0 Å². The molecule has 0 fully saturated rings. The van der Waals surface area contributed by atoms with Crippen molar-refractivity contribution in [1.29, 1.82) is 0 Å². The van der Waals surface area contributed by atoms with Gasteiger partial charge in [0.25, 0.3) is 0 Å². The Hall–Kier alpha value is -1.81. The molecular weight excluding hydrogens is 220 g/mol. The predicted octanol–water partition coefficient (Wildman–Crippen LogP) is 3.25. The van der Waals surface area contributed by atoms with Gasteiger partial charge in [-0.15, -0.1) is 0 Å². The van der Waals surface area contributed by atoms with Crippen LogP contribution in [0.4, 0.5) is 0 Å². The molecule has 0 aromatic carbocycles. The third-order valence-electron chi connectivity index (χ3n) is 2.39. The van der Waals surface area contributed by atoms with E-state index in [-0.39, 0.29) is 0 Å².